The first-order valence-corrected chi connectivity index (χ1v) is 12.2. The van der Waals surface area contributed by atoms with Gasteiger partial charge < -0.3 is 10.2 Å². The summed E-state index contributed by atoms with van der Waals surface area (Å²) < 4.78 is 25.8. The molecule has 2 aliphatic rings. The van der Waals surface area contributed by atoms with Gasteiger partial charge in [0.25, 0.3) is 0 Å². The number of hydrogen-bond donors (Lipinski definition) is 2. The molecule has 164 valence electrons. The predicted molar refractivity (Wildman–Crippen MR) is 123 cm³/mol. The molecule has 0 spiro atoms. The van der Waals surface area contributed by atoms with Crippen LogP contribution in [0.1, 0.15) is 58.4 Å². The van der Waals surface area contributed by atoms with E-state index in [-0.39, 0.29) is 5.91 Å². The molecule has 3 rings (SSSR count). The fourth-order valence-electron chi connectivity index (χ4n) is 3.94. The fraction of sp³-hybridized carbons (Fsp3) is 0.522. The van der Waals surface area contributed by atoms with E-state index in [1.165, 1.54) is 11.3 Å². The molecule has 1 amide bonds. The highest BCUT2D eigenvalue weighted by molar-refractivity contribution is 7.90. The molecule has 0 saturated carbocycles. The van der Waals surface area contributed by atoms with Crippen LogP contribution in [0, 0.1) is 0 Å². The fourth-order valence-corrected chi connectivity index (χ4v) is 4.79. The van der Waals surface area contributed by atoms with Crippen molar-refractivity contribution in [2.75, 3.05) is 23.3 Å². The summed E-state index contributed by atoms with van der Waals surface area (Å²) in [5.41, 5.74) is 3.29. The standard InChI is InChI=1S/C23H33N3O3S/c1-5-26-20-11-7-6-10-18(20)19-16-17(13-14-21(19)26)25-22(27)12-8-9-15-24-30(28,29)23(2,3)4/h6-7,10-11,13-14,16,18,20,24H,5,8-9,12,15H2,1-4H3,(H,25,27). The Morgan fingerprint density at radius 1 is 1.13 bits per heavy atom. The lowest BCUT2D eigenvalue weighted by molar-refractivity contribution is -0.116. The van der Waals surface area contributed by atoms with E-state index in [0.717, 1.165) is 12.2 Å². The SMILES string of the molecule is CCN1c2ccc(NC(=O)CCCCNS(=O)(=O)C(C)(C)C)cc2C2C=CC=CC21. The van der Waals surface area contributed by atoms with Crippen molar-refractivity contribution in [2.24, 2.45) is 0 Å². The molecule has 0 fully saturated rings. The highest BCUT2D eigenvalue weighted by Gasteiger charge is 2.35. The van der Waals surface area contributed by atoms with Crippen molar-refractivity contribution in [3.05, 3.63) is 48.1 Å². The van der Waals surface area contributed by atoms with Crippen LogP contribution in [-0.2, 0) is 14.8 Å². The Morgan fingerprint density at radius 2 is 1.87 bits per heavy atom. The Kier molecular flexibility index (Phi) is 6.72. The maximum atomic E-state index is 12.3. The zero-order valence-corrected chi connectivity index (χ0v) is 19.1. The molecule has 6 nitrogen and oxygen atoms in total. The number of fused-ring (bicyclic) bond motifs is 3. The summed E-state index contributed by atoms with van der Waals surface area (Å²) in [5, 5.41) is 2.99. The Labute approximate surface area is 180 Å². The van der Waals surface area contributed by atoms with E-state index in [9.17, 15) is 13.2 Å². The molecule has 0 radical (unpaired) electrons. The van der Waals surface area contributed by atoms with Gasteiger partial charge in [-0.05, 0) is 64.3 Å². The summed E-state index contributed by atoms with van der Waals surface area (Å²) in [7, 11) is -3.33. The van der Waals surface area contributed by atoms with E-state index in [1.807, 2.05) is 6.07 Å². The van der Waals surface area contributed by atoms with Crippen molar-refractivity contribution in [1.82, 2.24) is 4.72 Å². The molecule has 1 aliphatic heterocycles. The first-order valence-electron chi connectivity index (χ1n) is 10.7. The van der Waals surface area contributed by atoms with Crippen molar-refractivity contribution in [3.8, 4) is 0 Å². The maximum absolute atomic E-state index is 12.3. The predicted octanol–water partition coefficient (Wildman–Crippen LogP) is 3.93. The molecule has 0 saturated heterocycles. The number of amides is 1. The molecule has 1 aliphatic carbocycles. The number of likely N-dealkylation sites (N-methyl/N-ethyl adjacent to an activating group) is 1. The van der Waals surface area contributed by atoms with Crippen LogP contribution < -0.4 is 14.9 Å². The van der Waals surface area contributed by atoms with Crippen molar-refractivity contribution in [3.63, 3.8) is 0 Å². The van der Waals surface area contributed by atoms with Gasteiger partial charge in [0, 0.05) is 36.8 Å². The average Bonchev–Trinajstić information content (AvgIpc) is 3.00. The highest BCUT2D eigenvalue weighted by Crippen LogP contribution is 2.44. The first kappa shape index (κ1) is 22.6. The summed E-state index contributed by atoms with van der Waals surface area (Å²) in [5.74, 6) is 0.271. The molecule has 2 N–H and O–H groups in total. The lowest BCUT2D eigenvalue weighted by Crippen LogP contribution is -2.39. The molecule has 2 atom stereocenters. The van der Waals surface area contributed by atoms with Crippen molar-refractivity contribution in [2.45, 2.75) is 63.7 Å². The number of nitrogens with zero attached hydrogens (tertiary/aromatic N) is 1. The molecule has 0 aromatic heterocycles. The van der Waals surface area contributed by atoms with Gasteiger partial charge in [0.15, 0.2) is 0 Å². The summed E-state index contributed by atoms with van der Waals surface area (Å²) in [6.45, 7) is 8.45. The third-order valence-corrected chi connectivity index (χ3v) is 7.91. The number of sulfonamides is 1. The van der Waals surface area contributed by atoms with Gasteiger partial charge in [-0.2, -0.15) is 0 Å². The van der Waals surface area contributed by atoms with Gasteiger partial charge in [-0.15, -0.1) is 0 Å². The van der Waals surface area contributed by atoms with E-state index in [1.54, 1.807) is 20.8 Å². The summed E-state index contributed by atoms with van der Waals surface area (Å²) in [6.07, 6.45) is 10.3. The lowest BCUT2D eigenvalue weighted by atomic mass is 9.91. The van der Waals surface area contributed by atoms with E-state index >= 15 is 0 Å². The quantitative estimate of drug-likeness (QED) is 0.611. The van der Waals surface area contributed by atoms with Crippen molar-refractivity contribution in [1.29, 1.82) is 0 Å². The number of unbranched alkanes of at least 4 members (excludes halogenated alkanes) is 1. The summed E-state index contributed by atoms with van der Waals surface area (Å²) in [4.78, 5) is 14.7. The van der Waals surface area contributed by atoms with Gasteiger partial charge in [-0.25, -0.2) is 13.1 Å². The highest BCUT2D eigenvalue weighted by atomic mass is 32.2. The molecule has 30 heavy (non-hydrogen) atoms. The van der Waals surface area contributed by atoms with E-state index < -0.39 is 14.8 Å². The summed E-state index contributed by atoms with van der Waals surface area (Å²) >= 11 is 0. The second-order valence-corrected chi connectivity index (χ2v) is 11.4. The zero-order valence-electron chi connectivity index (χ0n) is 18.3. The van der Waals surface area contributed by atoms with Crippen LogP contribution in [0.2, 0.25) is 0 Å². The Balaban J connectivity index is 1.51. The second kappa shape index (κ2) is 8.94. The average molecular weight is 432 g/mol. The number of benzene rings is 1. The van der Waals surface area contributed by atoms with Crippen LogP contribution in [0.25, 0.3) is 0 Å². The van der Waals surface area contributed by atoms with Gasteiger partial charge in [0.1, 0.15) is 0 Å². The smallest absolute Gasteiger partial charge is 0.224 e. The van der Waals surface area contributed by atoms with Crippen LogP contribution in [0.4, 0.5) is 11.4 Å². The molecule has 1 aromatic rings. The normalized spacial score (nSPS) is 20.2. The zero-order chi connectivity index (χ0) is 21.9. The number of carbonyl (C=O) groups excluding carboxylic acids is 1. The van der Waals surface area contributed by atoms with Gasteiger partial charge in [0.05, 0.1) is 10.8 Å². The number of hydrogen-bond acceptors (Lipinski definition) is 4. The van der Waals surface area contributed by atoms with Gasteiger partial charge in [0.2, 0.25) is 15.9 Å². The monoisotopic (exact) mass is 431 g/mol. The molecule has 0 bridgehead atoms. The molecular formula is C23H33N3O3S. The Bertz CT molecular complexity index is 945. The molecule has 2 unspecified atom stereocenters. The molecule has 1 heterocycles. The molecular weight excluding hydrogens is 398 g/mol. The second-order valence-electron chi connectivity index (χ2n) is 8.86. The van der Waals surface area contributed by atoms with Crippen LogP contribution in [0.15, 0.2) is 42.5 Å². The van der Waals surface area contributed by atoms with E-state index in [2.05, 4.69) is 58.3 Å². The number of rotatable bonds is 8. The minimum Gasteiger partial charge on any atom is -0.364 e. The number of anilines is 2. The van der Waals surface area contributed by atoms with Crippen LogP contribution >= 0.6 is 0 Å². The van der Waals surface area contributed by atoms with Gasteiger partial charge >= 0.3 is 0 Å². The Hall–Kier alpha value is -2.12. The summed E-state index contributed by atoms with van der Waals surface area (Å²) in [6, 6.07) is 6.48. The van der Waals surface area contributed by atoms with Crippen LogP contribution in [-0.4, -0.2) is 38.2 Å². The van der Waals surface area contributed by atoms with E-state index in [4.69, 9.17) is 0 Å². The van der Waals surface area contributed by atoms with Crippen molar-refractivity contribution >= 4 is 27.3 Å². The number of nitrogens with one attached hydrogen (secondary N) is 2. The third kappa shape index (κ3) is 4.78. The minimum atomic E-state index is -3.33. The van der Waals surface area contributed by atoms with Crippen LogP contribution in [0.5, 0.6) is 0 Å². The maximum Gasteiger partial charge on any atom is 0.224 e. The topological polar surface area (TPSA) is 78.5 Å². The molecule has 7 heteroatoms. The molecule has 1 aromatic carbocycles. The van der Waals surface area contributed by atoms with Gasteiger partial charge in [-0.1, -0.05) is 24.3 Å². The Morgan fingerprint density at radius 3 is 2.57 bits per heavy atom. The number of carbonyl (C=O) groups is 1. The van der Waals surface area contributed by atoms with E-state index in [0.29, 0.717) is 37.8 Å². The minimum absolute atomic E-state index is 0.0467. The third-order valence-electron chi connectivity index (χ3n) is 5.72. The largest absolute Gasteiger partial charge is 0.364 e. The first-order chi connectivity index (χ1) is 14.1. The van der Waals surface area contributed by atoms with Gasteiger partial charge in [-0.3, -0.25) is 4.79 Å². The number of allylic oxidation sites excluding steroid dienone is 2. The van der Waals surface area contributed by atoms with Crippen molar-refractivity contribution < 1.29 is 13.2 Å². The van der Waals surface area contributed by atoms with Crippen LogP contribution in [0.3, 0.4) is 0 Å². The lowest BCUT2D eigenvalue weighted by Gasteiger charge is -2.27.